The quantitative estimate of drug-likeness (QED) is 0.374. The van der Waals surface area contributed by atoms with Gasteiger partial charge in [-0.1, -0.05) is 54.1 Å². The first-order chi connectivity index (χ1) is 14.7. The van der Waals surface area contributed by atoms with E-state index in [1.807, 2.05) is 66.9 Å². The molecule has 4 rings (SSSR count). The molecule has 4 aromatic rings. The molecular weight excluding hydrogens is 394 g/mol. The fraction of sp³-hybridized carbons (Fsp3) is 0.160. The number of halogens is 1. The third kappa shape index (κ3) is 5.09. The lowest BCUT2D eigenvalue weighted by molar-refractivity contribution is 0.0954. The van der Waals surface area contributed by atoms with E-state index in [2.05, 4.69) is 27.8 Å². The summed E-state index contributed by atoms with van der Waals surface area (Å²) in [5.41, 5.74) is 5.20. The van der Waals surface area contributed by atoms with E-state index in [0.717, 1.165) is 35.0 Å². The van der Waals surface area contributed by atoms with Gasteiger partial charge in [0.2, 0.25) is 0 Å². The van der Waals surface area contributed by atoms with Gasteiger partial charge >= 0.3 is 0 Å². The number of aromatic amines is 1. The zero-order chi connectivity index (χ0) is 20.8. The Balaban J connectivity index is 1.30. The summed E-state index contributed by atoms with van der Waals surface area (Å²) in [4.78, 5) is 15.8. The molecule has 1 aromatic heterocycles. The standard InChI is InChI=1S/C25H24ClN3O/c26-22-9-10-24-23(14-22)21(17-29-24)11-12-28-25(30)20-8-4-7-19(13-20)16-27-15-18-5-2-1-3-6-18/h1-10,13-14,17,27,29H,11-12,15-16H2,(H,28,30). The molecule has 30 heavy (non-hydrogen) atoms. The van der Waals surface area contributed by atoms with Crippen LogP contribution in [0.2, 0.25) is 5.02 Å². The monoisotopic (exact) mass is 417 g/mol. The molecular formula is C25H24ClN3O. The average Bonchev–Trinajstić information content (AvgIpc) is 3.17. The second-order valence-electron chi connectivity index (χ2n) is 7.30. The van der Waals surface area contributed by atoms with Gasteiger partial charge in [-0.2, -0.15) is 0 Å². The van der Waals surface area contributed by atoms with Gasteiger partial charge < -0.3 is 15.6 Å². The third-order valence-electron chi connectivity index (χ3n) is 5.10. The Bertz CT molecular complexity index is 1140. The van der Waals surface area contributed by atoms with Crippen LogP contribution < -0.4 is 10.6 Å². The van der Waals surface area contributed by atoms with Gasteiger partial charge in [-0.3, -0.25) is 4.79 Å². The lowest BCUT2D eigenvalue weighted by Gasteiger charge is -2.08. The molecule has 0 saturated carbocycles. The predicted molar refractivity (Wildman–Crippen MR) is 123 cm³/mol. The summed E-state index contributed by atoms with van der Waals surface area (Å²) in [7, 11) is 0. The number of hydrogen-bond acceptors (Lipinski definition) is 2. The summed E-state index contributed by atoms with van der Waals surface area (Å²) in [6.45, 7) is 2.08. The molecule has 0 fully saturated rings. The molecule has 0 radical (unpaired) electrons. The predicted octanol–water partition coefficient (Wildman–Crippen LogP) is 5.08. The van der Waals surface area contributed by atoms with Crippen molar-refractivity contribution in [3.8, 4) is 0 Å². The maximum absolute atomic E-state index is 12.6. The molecule has 0 spiro atoms. The fourth-order valence-corrected chi connectivity index (χ4v) is 3.71. The van der Waals surface area contributed by atoms with Crippen molar-refractivity contribution in [2.45, 2.75) is 19.5 Å². The normalized spacial score (nSPS) is 11.0. The summed E-state index contributed by atoms with van der Waals surface area (Å²) >= 11 is 6.11. The molecule has 4 nitrogen and oxygen atoms in total. The SMILES string of the molecule is O=C(NCCc1c[nH]c2ccc(Cl)cc12)c1cccc(CNCc2ccccc2)c1. The Labute approximate surface area is 181 Å². The molecule has 152 valence electrons. The van der Waals surface area contributed by atoms with E-state index < -0.39 is 0 Å². The van der Waals surface area contributed by atoms with E-state index in [4.69, 9.17) is 11.6 Å². The third-order valence-corrected chi connectivity index (χ3v) is 5.33. The van der Waals surface area contributed by atoms with Crippen LogP contribution in [-0.2, 0) is 19.5 Å². The highest BCUT2D eigenvalue weighted by Gasteiger charge is 2.08. The molecule has 1 amide bonds. The topological polar surface area (TPSA) is 56.9 Å². The van der Waals surface area contributed by atoms with Crippen molar-refractivity contribution in [1.82, 2.24) is 15.6 Å². The molecule has 0 aliphatic heterocycles. The van der Waals surface area contributed by atoms with Crippen molar-refractivity contribution >= 4 is 28.4 Å². The lowest BCUT2D eigenvalue weighted by Crippen LogP contribution is -2.25. The van der Waals surface area contributed by atoms with E-state index in [0.29, 0.717) is 23.7 Å². The van der Waals surface area contributed by atoms with E-state index in [1.165, 1.54) is 5.56 Å². The second kappa shape index (κ2) is 9.61. The fourth-order valence-electron chi connectivity index (χ4n) is 3.54. The van der Waals surface area contributed by atoms with Crippen LogP contribution in [0.1, 0.15) is 27.0 Å². The average molecular weight is 418 g/mol. The van der Waals surface area contributed by atoms with Gasteiger partial charge in [0.15, 0.2) is 0 Å². The van der Waals surface area contributed by atoms with Gasteiger partial charge in [0, 0.05) is 47.3 Å². The van der Waals surface area contributed by atoms with Crippen molar-refractivity contribution in [2.75, 3.05) is 6.54 Å². The van der Waals surface area contributed by atoms with Crippen LogP contribution in [0.15, 0.2) is 79.0 Å². The highest BCUT2D eigenvalue weighted by Crippen LogP contribution is 2.22. The number of amides is 1. The zero-order valence-electron chi connectivity index (χ0n) is 16.6. The largest absolute Gasteiger partial charge is 0.361 e. The molecule has 0 unspecified atom stereocenters. The molecule has 0 aliphatic rings. The second-order valence-corrected chi connectivity index (χ2v) is 7.74. The van der Waals surface area contributed by atoms with Crippen molar-refractivity contribution in [3.63, 3.8) is 0 Å². The first kappa shape index (κ1) is 20.2. The Morgan fingerprint density at radius 1 is 0.900 bits per heavy atom. The molecule has 1 heterocycles. The van der Waals surface area contributed by atoms with Crippen molar-refractivity contribution in [3.05, 3.63) is 106 Å². The van der Waals surface area contributed by atoms with Crippen molar-refractivity contribution in [1.29, 1.82) is 0 Å². The van der Waals surface area contributed by atoms with Crippen LogP contribution in [0.4, 0.5) is 0 Å². The number of rotatable bonds is 8. The Morgan fingerprint density at radius 3 is 2.57 bits per heavy atom. The van der Waals surface area contributed by atoms with Gasteiger partial charge in [-0.25, -0.2) is 0 Å². The van der Waals surface area contributed by atoms with Gasteiger partial charge in [0.05, 0.1) is 0 Å². The molecule has 0 saturated heterocycles. The highest BCUT2D eigenvalue weighted by molar-refractivity contribution is 6.31. The minimum atomic E-state index is -0.0576. The van der Waals surface area contributed by atoms with Crippen LogP contribution in [0.5, 0.6) is 0 Å². The van der Waals surface area contributed by atoms with Gasteiger partial charge in [0.25, 0.3) is 5.91 Å². The van der Waals surface area contributed by atoms with E-state index in [1.54, 1.807) is 0 Å². The summed E-state index contributed by atoms with van der Waals surface area (Å²) in [5.74, 6) is -0.0576. The van der Waals surface area contributed by atoms with Crippen molar-refractivity contribution < 1.29 is 4.79 Å². The minimum Gasteiger partial charge on any atom is -0.361 e. The molecule has 0 bridgehead atoms. The molecule has 0 aliphatic carbocycles. The molecule has 3 aromatic carbocycles. The number of aromatic nitrogens is 1. The van der Waals surface area contributed by atoms with Gasteiger partial charge in [-0.15, -0.1) is 0 Å². The van der Waals surface area contributed by atoms with Crippen LogP contribution in [0.25, 0.3) is 10.9 Å². The van der Waals surface area contributed by atoms with E-state index in [9.17, 15) is 4.79 Å². The number of benzene rings is 3. The van der Waals surface area contributed by atoms with Gasteiger partial charge in [0.1, 0.15) is 0 Å². The smallest absolute Gasteiger partial charge is 0.251 e. The number of carbonyl (C=O) groups is 1. The summed E-state index contributed by atoms with van der Waals surface area (Å²) < 4.78 is 0. The Kier molecular flexibility index (Phi) is 6.47. The van der Waals surface area contributed by atoms with Crippen LogP contribution in [0.3, 0.4) is 0 Å². The molecule has 3 N–H and O–H groups in total. The summed E-state index contributed by atoms with van der Waals surface area (Å²) in [6, 6.07) is 23.8. The number of carbonyl (C=O) groups excluding carboxylic acids is 1. The van der Waals surface area contributed by atoms with Crippen LogP contribution >= 0.6 is 11.6 Å². The first-order valence-corrected chi connectivity index (χ1v) is 10.4. The maximum atomic E-state index is 12.6. The Morgan fingerprint density at radius 2 is 1.70 bits per heavy atom. The summed E-state index contributed by atoms with van der Waals surface area (Å²) in [6.07, 6.45) is 2.72. The summed E-state index contributed by atoms with van der Waals surface area (Å²) in [5, 5.41) is 8.25. The zero-order valence-corrected chi connectivity index (χ0v) is 17.4. The maximum Gasteiger partial charge on any atom is 0.251 e. The van der Waals surface area contributed by atoms with Crippen molar-refractivity contribution in [2.24, 2.45) is 0 Å². The number of hydrogen-bond donors (Lipinski definition) is 3. The highest BCUT2D eigenvalue weighted by atomic mass is 35.5. The lowest BCUT2D eigenvalue weighted by atomic mass is 10.1. The first-order valence-electron chi connectivity index (χ1n) is 10.1. The number of H-pyrrole nitrogens is 1. The minimum absolute atomic E-state index is 0.0576. The number of nitrogens with one attached hydrogen (secondary N) is 3. The van der Waals surface area contributed by atoms with Crippen LogP contribution in [-0.4, -0.2) is 17.4 Å². The van der Waals surface area contributed by atoms with E-state index >= 15 is 0 Å². The molecule has 5 heteroatoms. The van der Waals surface area contributed by atoms with Crippen LogP contribution in [0, 0.1) is 0 Å². The van der Waals surface area contributed by atoms with Gasteiger partial charge in [-0.05, 0) is 53.4 Å². The molecule has 0 atom stereocenters. The number of fused-ring (bicyclic) bond motifs is 1. The Hall–Kier alpha value is -3.08. The van der Waals surface area contributed by atoms with E-state index in [-0.39, 0.29) is 5.91 Å².